The molecule has 1 amide bonds. The van der Waals surface area contributed by atoms with Gasteiger partial charge < -0.3 is 10.4 Å². The number of hydrogen-bond donors (Lipinski definition) is 2. The third-order valence-corrected chi connectivity index (χ3v) is 4.38. The second-order valence-corrected chi connectivity index (χ2v) is 10.2. The summed E-state index contributed by atoms with van der Waals surface area (Å²) < 4.78 is 0. The predicted octanol–water partition coefficient (Wildman–Crippen LogP) is 5.95. The van der Waals surface area contributed by atoms with E-state index in [1.165, 1.54) is 12.1 Å². The molecule has 1 aromatic rings. The van der Waals surface area contributed by atoms with E-state index >= 15 is 0 Å². The molecule has 0 bridgehead atoms. The van der Waals surface area contributed by atoms with Crippen LogP contribution in [0.15, 0.2) is 36.4 Å². The van der Waals surface area contributed by atoms with Crippen molar-refractivity contribution in [2.24, 2.45) is 16.2 Å². The summed E-state index contributed by atoms with van der Waals surface area (Å²) in [5.74, 6) is 0.0732. The Balaban J connectivity index is 2.53. The minimum atomic E-state index is -0.0963. The second-order valence-electron chi connectivity index (χ2n) is 10.2. The van der Waals surface area contributed by atoms with Gasteiger partial charge in [0.05, 0.1) is 0 Å². The topological polar surface area (TPSA) is 49.3 Å². The molecule has 0 atom stereocenters. The number of carbonyl (C=O) groups excluding carboxylic acids is 1. The fourth-order valence-corrected chi connectivity index (χ4v) is 3.30. The van der Waals surface area contributed by atoms with Crippen molar-refractivity contribution in [2.45, 2.75) is 67.7 Å². The number of hydrogen-bond acceptors (Lipinski definition) is 2. The van der Waals surface area contributed by atoms with Crippen LogP contribution in [-0.2, 0) is 0 Å². The van der Waals surface area contributed by atoms with Crippen molar-refractivity contribution >= 4 is 5.91 Å². The lowest BCUT2D eigenvalue weighted by Crippen LogP contribution is -2.36. The number of phenolic OH excluding ortho intramolecular Hbond substituents is 1. The van der Waals surface area contributed by atoms with Gasteiger partial charge in [0.2, 0.25) is 0 Å². The van der Waals surface area contributed by atoms with E-state index in [9.17, 15) is 9.90 Å². The van der Waals surface area contributed by atoms with Crippen LogP contribution in [0.4, 0.5) is 0 Å². The highest BCUT2D eigenvalue weighted by Crippen LogP contribution is 2.36. The molecule has 0 aliphatic rings. The number of carbonyl (C=O) groups is 1. The highest BCUT2D eigenvalue weighted by atomic mass is 16.3. The summed E-state index contributed by atoms with van der Waals surface area (Å²) in [6, 6.07) is 6.35. The van der Waals surface area contributed by atoms with Gasteiger partial charge in [-0.3, -0.25) is 4.79 Å². The summed E-state index contributed by atoms with van der Waals surface area (Å²) in [7, 11) is 0. The SMILES string of the molecule is CC(C)(C)CC=CCC(C)(C)CC(C)(C)CNC(=O)c1ccc(O)cc1. The molecule has 1 rings (SSSR count). The molecule has 0 aliphatic heterocycles. The molecule has 1 aromatic carbocycles. The van der Waals surface area contributed by atoms with Crippen LogP contribution < -0.4 is 5.32 Å². The van der Waals surface area contributed by atoms with Gasteiger partial charge in [-0.15, -0.1) is 0 Å². The van der Waals surface area contributed by atoms with Crippen LogP contribution in [0.5, 0.6) is 5.75 Å². The van der Waals surface area contributed by atoms with E-state index in [-0.39, 0.29) is 22.5 Å². The molecule has 2 N–H and O–H groups in total. The lowest BCUT2D eigenvalue weighted by atomic mass is 9.73. The average Bonchev–Trinajstić information content (AvgIpc) is 2.48. The highest BCUT2D eigenvalue weighted by molar-refractivity contribution is 5.94. The van der Waals surface area contributed by atoms with Crippen molar-refractivity contribution in [2.75, 3.05) is 6.54 Å². The molecule has 0 spiro atoms. The third-order valence-electron chi connectivity index (χ3n) is 4.38. The number of aromatic hydroxyl groups is 1. The number of amides is 1. The van der Waals surface area contributed by atoms with E-state index in [1.54, 1.807) is 12.1 Å². The predicted molar refractivity (Wildman–Crippen MR) is 110 cm³/mol. The summed E-state index contributed by atoms with van der Waals surface area (Å²) in [6.07, 6.45) is 7.75. The van der Waals surface area contributed by atoms with Gasteiger partial charge in [-0.05, 0) is 59.8 Å². The van der Waals surface area contributed by atoms with Crippen molar-refractivity contribution in [1.29, 1.82) is 0 Å². The zero-order valence-corrected chi connectivity index (χ0v) is 17.6. The Kier molecular flexibility index (Phi) is 7.49. The minimum Gasteiger partial charge on any atom is -0.508 e. The van der Waals surface area contributed by atoms with Gasteiger partial charge in [0.1, 0.15) is 5.75 Å². The van der Waals surface area contributed by atoms with Crippen molar-refractivity contribution in [3.63, 3.8) is 0 Å². The van der Waals surface area contributed by atoms with Gasteiger partial charge >= 0.3 is 0 Å². The molecular weight excluding hydrogens is 322 g/mol. The average molecular weight is 360 g/mol. The Labute approximate surface area is 159 Å². The van der Waals surface area contributed by atoms with E-state index in [1.807, 2.05) is 0 Å². The molecule has 0 aliphatic carbocycles. The van der Waals surface area contributed by atoms with Gasteiger partial charge in [0.25, 0.3) is 5.91 Å². The fourth-order valence-electron chi connectivity index (χ4n) is 3.30. The molecule has 0 fully saturated rings. The van der Waals surface area contributed by atoms with E-state index in [2.05, 4.69) is 65.9 Å². The number of allylic oxidation sites excluding steroid dienone is 2. The highest BCUT2D eigenvalue weighted by Gasteiger charge is 2.28. The standard InChI is InChI=1S/C23H37NO2/c1-21(2,3)14-8-9-15-22(4,5)16-23(6,7)17-24-20(26)18-10-12-19(25)13-11-18/h8-13,25H,14-17H2,1-7H3,(H,24,26). The molecule has 0 heterocycles. The van der Waals surface area contributed by atoms with Crippen LogP contribution in [0.25, 0.3) is 0 Å². The molecule has 3 heteroatoms. The number of benzene rings is 1. The number of phenols is 1. The molecule has 0 aromatic heterocycles. The molecule has 0 unspecified atom stereocenters. The number of rotatable bonds is 8. The maximum absolute atomic E-state index is 12.3. The number of nitrogens with one attached hydrogen (secondary N) is 1. The van der Waals surface area contributed by atoms with Crippen molar-refractivity contribution in [3.05, 3.63) is 42.0 Å². The van der Waals surface area contributed by atoms with Crippen LogP contribution in [-0.4, -0.2) is 17.6 Å². The first kappa shape index (κ1) is 22.3. The normalized spacial score (nSPS) is 13.2. The van der Waals surface area contributed by atoms with Crippen LogP contribution in [0.2, 0.25) is 0 Å². The van der Waals surface area contributed by atoms with Gasteiger partial charge in [0.15, 0.2) is 0 Å². The van der Waals surface area contributed by atoms with Gasteiger partial charge in [-0.25, -0.2) is 0 Å². The molecule has 26 heavy (non-hydrogen) atoms. The van der Waals surface area contributed by atoms with Gasteiger partial charge in [-0.1, -0.05) is 60.6 Å². The summed E-state index contributed by atoms with van der Waals surface area (Å²) in [5, 5.41) is 12.4. The summed E-state index contributed by atoms with van der Waals surface area (Å²) in [4.78, 5) is 12.3. The Bertz CT molecular complexity index is 604. The van der Waals surface area contributed by atoms with E-state index in [4.69, 9.17) is 0 Å². The minimum absolute atomic E-state index is 0.00788. The Morgan fingerprint density at radius 2 is 1.46 bits per heavy atom. The summed E-state index contributed by atoms with van der Waals surface area (Å²) in [6.45, 7) is 16.4. The fraction of sp³-hybridized carbons (Fsp3) is 0.609. The molecule has 3 nitrogen and oxygen atoms in total. The van der Waals surface area contributed by atoms with Crippen molar-refractivity contribution < 1.29 is 9.90 Å². The molecule has 146 valence electrons. The van der Waals surface area contributed by atoms with E-state index in [0.29, 0.717) is 17.5 Å². The first-order chi connectivity index (χ1) is 11.8. The lowest BCUT2D eigenvalue weighted by Gasteiger charge is -2.34. The van der Waals surface area contributed by atoms with Crippen LogP contribution >= 0.6 is 0 Å². The Morgan fingerprint density at radius 1 is 0.923 bits per heavy atom. The van der Waals surface area contributed by atoms with Crippen molar-refractivity contribution in [1.82, 2.24) is 5.32 Å². The Morgan fingerprint density at radius 3 is 2.00 bits per heavy atom. The van der Waals surface area contributed by atoms with E-state index < -0.39 is 0 Å². The molecule has 0 saturated carbocycles. The zero-order chi connectivity index (χ0) is 20.0. The lowest BCUT2D eigenvalue weighted by molar-refractivity contribution is 0.0920. The molecule has 0 radical (unpaired) electrons. The van der Waals surface area contributed by atoms with Crippen molar-refractivity contribution in [3.8, 4) is 5.75 Å². The van der Waals surface area contributed by atoms with Crippen LogP contribution in [0.3, 0.4) is 0 Å². The Hall–Kier alpha value is -1.77. The summed E-state index contributed by atoms with van der Waals surface area (Å²) >= 11 is 0. The summed E-state index contributed by atoms with van der Waals surface area (Å²) in [5.41, 5.74) is 1.09. The quantitative estimate of drug-likeness (QED) is 0.564. The monoisotopic (exact) mass is 359 g/mol. The smallest absolute Gasteiger partial charge is 0.251 e. The molecule has 0 saturated heterocycles. The van der Waals surface area contributed by atoms with Crippen LogP contribution in [0.1, 0.15) is 78.1 Å². The maximum Gasteiger partial charge on any atom is 0.251 e. The largest absolute Gasteiger partial charge is 0.508 e. The van der Waals surface area contributed by atoms with E-state index in [0.717, 1.165) is 19.3 Å². The first-order valence-electron chi connectivity index (χ1n) is 9.52. The van der Waals surface area contributed by atoms with Crippen LogP contribution in [0, 0.1) is 16.2 Å². The van der Waals surface area contributed by atoms with Gasteiger partial charge in [0, 0.05) is 12.1 Å². The molecular formula is C23H37NO2. The second kappa shape index (κ2) is 8.75. The third kappa shape index (κ3) is 9.07. The first-order valence-corrected chi connectivity index (χ1v) is 9.52. The maximum atomic E-state index is 12.3. The van der Waals surface area contributed by atoms with Gasteiger partial charge in [-0.2, -0.15) is 0 Å². The zero-order valence-electron chi connectivity index (χ0n) is 17.6.